The molecule has 7 nitrogen and oxygen atoms in total. The summed E-state index contributed by atoms with van der Waals surface area (Å²) in [4.78, 5) is 11.8. The minimum absolute atomic E-state index is 0.0178. The highest BCUT2D eigenvalue weighted by Gasteiger charge is 2.25. The van der Waals surface area contributed by atoms with Crippen molar-refractivity contribution in [2.45, 2.75) is 4.90 Å². The van der Waals surface area contributed by atoms with Crippen molar-refractivity contribution in [1.82, 2.24) is 9.73 Å². The number of methoxy groups -OCH3 is 1. The third-order valence-corrected chi connectivity index (χ3v) is 5.99. The molecule has 2 aromatic carbocycles. The minimum atomic E-state index is -3.98. The molecule has 0 aliphatic heterocycles. The zero-order valence-corrected chi connectivity index (χ0v) is 16.8. The van der Waals surface area contributed by atoms with Gasteiger partial charge in [-0.1, -0.05) is 23.2 Å². The Bertz CT molecular complexity index is 947. The summed E-state index contributed by atoms with van der Waals surface area (Å²) in [5, 5.41) is 4.04. The lowest BCUT2D eigenvalue weighted by atomic mass is 10.2. The minimum Gasteiger partial charge on any atom is -0.497 e. The van der Waals surface area contributed by atoms with Crippen molar-refractivity contribution in [3.63, 3.8) is 0 Å². The molecule has 0 saturated carbocycles. The first-order valence-corrected chi connectivity index (χ1v) is 9.81. The van der Waals surface area contributed by atoms with Crippen LogP contribution in [0.15, 0.2) is 52.5 Å². The summed E-state index contributed by atoms with van der Waals surface area (Å²) in [7, 11) is -1.16. The zero-order chi connectivity index (χ0) is 20.0. The number of carbonyl (C=O) groups is 1. The Hall–Kier alpha value is -2.13. The maximum absolute atomic E-state index is 12.5. The van der Waals surface area contributed by atoms with Gasteiger partial charge < -0.3 is 4.74 Å². The Balaban J connectivity index is 1.99. The zero-order valence-electron chi connectivity index (χ0n) is 14.5. The van der Waals surface area contributed by atoms with Crippen LogP contribution in [0.1, 0.15) is 5.56 Å². The number of nitrogens with zero attached hydrogens (tertiary/aromatic N) is 2. The third-order valence-electron chi connectivity index (χ3n) is 3.47. The number of halogens is 2. The van der Waals surface area contributed by atoms with Gasteiger partial charge in [0.05, 0.1) is 24.9 Å². The quantitative estimate of drug-likeness (QED) is 0.541. The number of amides is 1. The molecule has 27 heavy (non-hydrogen) atoms. The fourth-order valence-corrected chi connectivity index (χ4v) is 3.89. The standard InChI is InChI=1S/C17H17Cl2N3O4S/c1-22(27(24,25)16-9-13(18)5-8-15(16)19)11-17(23)21-20-10-12-3-6-14(26-2)7-4-12/h3-10H,11H2,1-2H3,(H,21,23)/b20-10-. The van der Waals surface area contributed by atoms with Crippen molar-refractivity contribution >= 4 is 45.3 Å². The molecule has 0 spiro atoms. The molecule has 0 aliphatic rings. The van der Waals surface area contributed by atoms with Gasteiger partial charge in [0.25, 0.3) is 5.91 Å². The molecular formula is C17H17Cl2N3O4S. The van der Waals surface area contributed by atoms with Crippen LogP contribution in [0.2, 0.25) is 10.0 Å². The number of likely N-dealkylation sites (N-methyl/N-ethyl adjacent to an activating group) is 1. The number of sulfonamides is 1. The van der Waals surface area contributed by atoms with E-state index in [4.69, 9.17) is 27.9 Å². The van der Waals surface area contributed by atoms with Gasteiger partial charge in [-0.15, -0.1) is 0 Å². The second kappa shape index (κ2) is 9.18. The van der Waals surface area contributed by atoms with Gasteiger partial charge in [0.15, 0.2) is 0 Å². The number of hydrogen-bond acceptors (Lipinski definition) is 5. The molecule has 0 saturated heterocycles. The number of benzene rings is 2. The third kappa shape index (κ3) is 5.67. The smallest absolute Gasteiger partial charge is 0.255 e. The lowest BCUT2D eigenvalue weighted by Crippen LogP contribution is -2.36. The number of hydrogen-bond donors (Lipinski definition) is 1. The Morgan fingerprint density at radius 1 is 1.22 bits per heavy atom. The van der Waals surface area contributed by atoms with Gasteiger partial charge in [-0.2, -0.15) is 9.41 Å². The first-order chi connectivity index (χ1) is 12.7. The molecule has 1 N–H and O–H groups in total. The van der Waals surface area contributed by atoms with Crippen LogP contribution in [0.5, 0.6) is 5.75 Å². The van der Waals surface area contributed by atoms with Gasteiger partial charge in [0.2, 0.25) is 10.0 Å². The average Bonchev–Trinajstić information content (AvgIpc) is 2.64. The molecule has 2 rings (SSSR count). The molecule has 0 atom stereocenters. The molecular weight excluding hydrogens is 413 g/mol. The number of carbonyl (C=O) groups excluding carboxylic acids is 1. The largest absolute Gasteiger partial charge is 0.497 e. The highest BCUT2D eigenvalue weighted by molar-refractivity contribution is 7.89. The molecule has 1 amide bonds. The van der Waals surface area contributed by atoms with Gasteiger partial charge in [0, 0.05) is 12.1 Å². The van der Waals surface area contributed by atoms with Crippen LogP contribution in [-0.4, -0.2) is 45.5 Å². The highest BCUT2D eigenvalue weighted by Crippen LogP contribution is 2.27. The van der Waals surface area contributed by atoms with E-state index in [-0.39, 0.29) is 14.9 Å². The lowest BCUT2D eigenvalue weighted by Gasteiger charge is -2.17. The fourth-order valence-electron chi connectivity index (χ4n) is 2.03. The number of nitrogens with one attached hydrogen (secondary N) is 1. The fraction of sp³-hybridized carbons (Fsp3) is 0.176. The first kappa shape index (κ1) is 21.2. The normalized spacial score (nSPS) is 11.7. The molecule has 0 bridgehead atoms. The number of ether oxygens (including phenoxy) is 1. The molecule has 2 aromatic rings. The van der Waals surface area contributed by atoms with Crippen molar-refractivity contribution in [1.29, 1.82) is 0 Å². The van der Waals surface area contributed by atoms with E-state index in [0.29, 0.717) is 5.75 Å². The van der Waals surface area contributed by atoms with Crippen molar-refractivity contribution < 1.29 is 17.9 Å². The summed E-state index contributed by atoms with van der Waals surface area (Å²) in [5.41, 5.74) is 3.01. The molecule has 0 aliphatic carbocycles. The van der Waals surface area contributed by atoms with Crippen molar-refractivity contribution in [2.24, 2.45) is 5.10 Å². The summed E-state index contributed by atoms with van der Waals surface area (Å²) in [5.74, 6) is 0.0895. The van der Waals surface area contributed by atoms with Crippen molar-refractivity contribution in [2.75, 3.05) is 20.7 Å². The van der Waals surface area contributed by atoms with Crippen LogP contribution in [0.4, 0.5) is 0 Å². The van der Waals surface area contributed by atoms with Gasteiger partial charge in [-0.25, -0.2) is 13.8 Å². The average molecular weight is 430 g/mol. The van der Waals surface area contributed by atoms with Crippen LogP contribution in [0.25, 0.3) is 0 Å². The van der Waals surface area contributed by atoms with Crippen LogP contribution >= 0.6 is 23.2 Å². The number of rotatable bonds is 7. The van der Waals surface area contributed by atoms with E-state index in [1.165, 1.54) is 31.5 Å². The first-order valence-electron chi connectivity index (χ1n) is 7.61. The van der Waals surface area contributed by atoms with Crippen LogP contribution < -0.4 is 10.2 Å². The van der Waals surface area contributed by atoms with E-state index in [0.717, 1.165) is 9.87 Å². The predicted molar refractivity (Wildman–Crippen MR) is 105 cm³/mol. The van der Waals surface area contributed by atoms with Gasteiger partial charge >= 0.3 is 0 Å². The summed E-state index contributed by atoms with van der Waals surface area (Å²) in [6.45, 7) is -0.439. The SMILES string of the molecule is COc1ccc(/C=N\NC(=O)CN(C)S(=O)(=O)c2cc(Cl)ccc2Cl)cc1. The van der Waals surface area contributed by atoms with Crippen LogP contribution in [0.3, 0.4) is 0 Å². The van der Waals surface area contributed by atoms with Crippen LogP contribution in [-0.2, 0) is 14.8 Å². The van der Waals surface area contributed by atoms with E-state index < -0.39 is 22.5 Å². The van der Waals surface area contributed by atoms with E-state index >= 15 is 0 Å². The van der Waals surface area contributed by atoms with E-state index in [9.17, 15) is 13.2 Å². The van der Waals surface area contributed by atoms with Crippen molar-refractivity contribution in [3.05, 3.63) is 58.1 Å². The van der Waals surface area contributed by atoms with Crippen LogP contribution in [0, 0.1) is 0 Å². The Morgan fingerprint density at radius 2 is 1.89 bits per heavy atom. The molecule has 0 aromatic heterocycles. The predicted octanol–water partition coefficient (Wildman–Crippen LogP) is 2.77. The summed E-state index contributed by atoms with van der Waals surface area (Å²) in [6, 6.07) is 11.1. The maximum Gasteiger partial charge on any atom is 0.255 e. The Morgan fingerprint density at radius 3 is 2.52 bits per heavy atom. The molecule has 0 unspecified atom stereocenters. The van der Waals surface area contributed by atoms with E-state index in [1.807, 2.05) is 0 Å². The van der Waals surface area contributed by atoms with Gasteiger partial charge in [0.1, 0.15) is 10.6 Å². The topological polar surface area (TPSA) is 88.1 Å². The molecule has 0 heterocycles. The summed E-state index contributed by atoms with van der Waals surface area (Å²) >= 11 is 11.8. The monoisotopic (exact) mass is 429 g/mol. The second-order valence-electron chi connectivity index (χ2n) is 5.40. The molecule has 0 radical (unpaired) electrons. The molecule has 144 valence electrons. The second-order valence-corrected chi connectivity index (χ2v) is 8.26. The lowest BCUT2D eigenvalue weighted by molar-refractivity contribution is -0.121. The highest BCUT2D eigenvalue weighted by atomic mass is 35.5. The van der Waals surface area contributed by atoms with E-state index in [1.54, 1.807) is 31.4 Å². The van der Waals surface area contributed by atoms with Gasteiger partial charge in [-0.05, 0) is 48.0 Å². The molecule has 0 fully saturated rings. The summed E-state index contributed by atoms with van der Waals surface area (Å²) in [6.07, 6.45) is 1.43. The summed E-state index contributed by atoms with van der Waals surface area (Å²) < 4.78 is 31.0. The molecule has 10 heteroatoms. The maximum atomic E-state index is 12.5. The number of hydrazone groups is 1. The van der Waals surface area contributed by atoms with E-state index in [2.05, 4.69) is 10.5 Å². The Labute approximate surface area is 167 Å². The van der Waals surface area contributed by atoms with Crippen molar-refractivity contribution in [3.8, 4) is 5.75 Å². The Kier molecular flexibility index (Phi) is 7.20. The van der Waals surface area contributed by atoms with Gasteiger partial charge in [-0.3, -0.25) is 4.79 Å².